The van der Waals surface area contributed by atoms with Crippen LogP contribution in [0, 0.1) is 6.92 Å². The lowest BCUT2D eigenvalue weighted by Crippen LogP contribution is -1.86. The summed E-state index contributed by atoms with van der Waals surface area (Å²) in [5, 5.41) is 5.27. The van der Waals surface area contributed by atoms with E-state index in [1.54, 1.807) is 0 Å². The minimum Gasteiger partial charge on any atom is -0.354 e. The molecule has 0 atom stereocenters. The molecule has 5 rings (SSSR count). The molecule has 118 valence electrons. The van der Waals surface area contributed by atoms with Crippen LogP contribution in [0.5, 0.6) is 0 Å². The van der Waals surface area contributed by atoms with Crippen LogP contribution in [0.15, 0.2) is 48.5 Å². The Hall–Kier alpha value is -2.74. The number of fused-ring (bicyclic) bond motifs is 6. The van der Waals surface area contributed by atoms with E-state index in [0.29, 0.717) is 0 Å². The monoisotopic (exact) mass is 312 g/mol. The molecule has 0 aliphatic heterocycles. The first-order chi connectivity index (χ1) is 11.7. The Bertz CT molecular complexity index is 1250. The molecule has 0 unspecified atom stereocenters. The first kappa shape index (κ1) is 13.7. The van der Waals surface area contributed by atoms with Gasteiger partial charge in [0.2, 0.25) is 0 Å². The number of hydrogen-bond acceptors (Lipinski definition) is 0. The predicted octanol–water partition coefficient (Wildman–Crippen LogP) is 5.84. The second-order valence-corrected chi connectivity index (χ2v) is 6.85. The molecule has 0 fully saturated rings. The predicted molar refractivity (Wildman–Crippen MR) is 104 cm³/mol. The Labute approximate surface area is 140 Å². The zero-order valence-electron chi connectivity index (χ0n) is 14.3. The molecule has 2 heterocycles. The van der Waals surface area contributed by atoms with Crippen LogP contribution in [0.1, 0.15) is 18.1 Å². The zero-order chi connectivity index (χ0) is 16.4. The third-order valence-electron chi connectivity index (χ3n) is 5.35. The Morgan fingerprint density at radius 2 is 1.54 bits per heavy atom. The standard InChI is InChI=1S/C22H20N2/c1-4-14-6-8-15-17-12-22-18(11-20(17)23-19(15)10-14)16-7-5-13(2)9-21(16)24(22)3/h5-12,23H,4H2,1-3H3. The summed E-state index contributed by atoms with van der Waals surface area (Å²) in [4.78, 5) is 3.62. The van der Waals surface area contributed by atoms with Crippen LogP contribution in [0.4, 0.5) is 0 Å². The molecule has 0 saturated heterocycles. The lowest BCUT2D eigenvalue weighted by Gasteiger charge is -1.99. The highest BCUT2D eigenvalue weighted by Crippen LogP contribution is 2.35. The smallest absolute Gasteiger partial charge is 0.0496 e. The minimum atomic E-state index is 1.07. The second kappa shape index (κ2) is 4.64. The molecule has 3 aromatic carbocycles. The molecule has 0 amide bonds. The third kappa shape index (κ3) is 1.71. The summed E-state index contributed by atoms with van der Waals surface area (Å²) in [5.74, 6) is 0. The van der Waals surface area contributed by atoms with E-state index < -0.39 is 0 Å². The number of hydrogen-bond donors (Lipinski definition) is 1. The largest absolute Gasteiger partial charge is 0.354 e. The summed E-state index contributed by atoms with van der Waals surface area (Å²) in [6.45, 7) is 4.35. The molecule has 0 spiro atoms. The van der Waals surface area contributed by atoms with Gasteiger partial charge in [0, 0.05) is 50.7 Å². The van der Waals surface area contributed by atoms with Gasteiger partial charge in [-0.1, -0.05) is 31.2 Å². The maximum atomic E-state index is 3.62. The van der Waals surface area contributed by atoms with Gasteiger partial charge in [-0.25, -0.2) is 0 Å². The number of aromatic amines is 1. The minimum absolute atomic E-state index is 1.07. The normalized spacial score (nSPS) is 12.1. The van der Waals surface area contributed by atoms with Crippen LogP contribution >= 0.6 is 0 Å². The summed E-state index contributed by atoms with van der Waals surface area (Å²) < 4.78 is 2.32. The molecule has 0 bridgehead atoms. The van der Waals surface area contributed by atoms with E-state index in [-0.39, 0.29) is 0 Å². The fourth-order valence-corrected chi connectivity index (χ4v) is 3.98. The summed E-state index contributed by atoms with van der Waals surface area (Å²) in [5.41, 5.74) is 7.73. The lowest BCUT2D eigenvalue weighted by atomic mass is 10.1. The Kier molecular flexibility index (Phi) is 2.64. The van der Waals surface area contributed by atoms with Crippen molar-refractivity contribution in [3.05, 3.63) is 59.7 Å². The number of H-pyrrole nitrogens is 1. The van der Waals surface area contributed by atoms with Crippen molar-refractivity contribution in [2.24, 2.45) is 7.05 Å². The highest BCUT2D eigenvalue weighted by molar-refractivity contribution is 6.17. The molecule has 0 saturated carbocycles. The van der Waals surface area contributed by atoms with Crippen molar-refractivity contribution in [1.29, 1.82) is 0 Å². The van der Waals surface area contributed by atoms with Gasteiger partial charge in [0.1, 0.15) is 0 Å². The van der Waals surface area contributed by atoms with Crippen molar-refractivity contribution in [2.45, 2.75) is 20.3 Å². The van der Waals surface area contributed by atoms with E-state index in [9.17, 15) is 0 Å². The fraction of sp³-hybridized carbons (Fsp3) is 0.182. The molecular weight excluding hydrogens is 292 g/mol. The van der Waals surface area contributed by atoms with Gasteiger partial charge < -0.3 is 9.55 Å². The van der Waals surface area contributed by atoms with E-state index in [1.165, 1.54) is 54.7 Å². The molecule has 0 aliphatic carbocycles. The SMILES string of the molecule is CCc1ccc2c(c1)[nH]c1cc3c4ccc(C)cc4n(C)c3cc12. The number of aryl methyl sites for hydroxylation is 3. The highest BCUT2D eigenvalue weighted by Gasteiger charge is 2.12. The van der Waals surface area contributed by atoms with E-state index in [4.69, 9.17) is 0 Å². The summed E-state index contributed by atoms with van der Waals surface area (Å²) in [6.07, 6.45) is 1.07. The van der Waals surface area contributed by atoms with Gasteiger partial charge >= 0.3 is 0 Å². The van der Waals surface area contributed by atoms with Gasteiger partial charge in [0.05, 0.1) is 0 Å². The van der Waals surface area contributed by atoms with Crippen LogP contribution in [0.3, 0.4) is 0 Å². The first-order valence-electron chi connectivity index (χ1n) is 8.59. The lowest BCUT2D eigenvalue weighted by molar-refractivity contribution is 1.01. The van der Waals surface area contributed by atoms with E-state index in [1.807, 2.05) is 0 Å². The topological polar surface area (TPSA) is 20.7 Å². The third-order valence-corrected chi connectivity index (χ3v) is 5.35. The molecule has 2 heteroatoms. The quantitative estimate of drug-likeness (QED) is 0.401. The van der Waals surface area contributed by atoms with E-state index in [2.05, 4.69) is 79.0 Å². The zero-order valence-corrected chi connectivity index (χ0v) is 14.3. The van der Waals surface area contributed by atoms with Crippen molar-refractivity contribution in [1.82, 2.24) is 9.55 Å². The highest BCUT2D eigenvalue weighted by atomic mass is 14.9. The van der Waals surface area contributed by atoms with Gasteiger partial charge in [-0.2, -0.15) is 0 Å². The van der Waals surface area contributed by atoms with Crippen molar-refractivity contribution < 1.29 is 0 Å². The van der Waals surface area contributed by atoms with E-state index >= 15 is 0 Å². The number of aromatic nitrogens is 2. The Morgan fingerprint density at radius 3 is 2.38 bits per heavy atom. The summed E-state index contributed by atoms with van der Waals surface area (Å²) in [6, 6.07) is 18.1. The average Bonchev–Trinajstić information content (AvgIpc) is 3.08. The molecule has 24 heavy (non-hydrogen) atoms. The van der Waals surface area contributed by atoms with Crippen LogP contribution in [-0.4, -0.2) is 9.55 Å². The molecule has 2 aromatic heterocycles. The summed E-state index contributed by atoms with van der Waals surface area (Å²) >= 11 is 0. The van der Waals surface area contributed by atoms with E-state index in [0.717, 1.165) is 6.42 Å². The van der Waals surface area contributed by atoms with Crippen LogP contribution in [0.25, 0.3) is 43.6 Å². The molecule has 5 aromatic rings. The van der Waals surface area contributed by atoms with Crippen molar-refractivity contribution in [2.75, 3.05) is 0 Å². The maximum absolute atomic E-state index is 3.62. The van der Waals surface area contributed by atoms with Gasteiger partial charge in [0.25, 0.3) is 0 Å². The molecular formula is C22H20N2. The second-order valence-electron chi connectivity index (χ2n) is 6.85. The molecule has 1 N–H and O–H groups in total. The van der Waals surface area contributed by atoms with Crippen LogP contribution in [0.2, 0.25) is 0 Å². The van der Waals surface area contributed by atoms with Crippen molar-refractivity contribution >= 4 is 43.6 Å². The molecule has 0 aliphatic rings. The number of nitrogens with one attached hydrogen (secondary N) is 1. The molecule has 2 nitrogen and oxygen atoms in total. The Morgan fingerprint density at radius 1 is 0.792 bits per heavy atom. The van der Waals surface area contributed by atoms with Crippen molar-refractivity contribution in [3.63, 3.8) is 0 Å². The molecule has 0 radical (unpaired) electrons. The van der Waals surface area contributed by atoms with Crippen LogP contribution in [-0.2, 0) is 13.5 Å². The van der Waals surface area contributed by atoms with Gasteiger partial charge in [-0.15, -0.1) is 0 Å². The van der Waals surface area contributed by atoms with Gasteiger partial charge in [0.15, 0.2) is 0 Å². The van der Waals surface area contributed by atoms with Crippen molar-refractivity contribution in [3.8, 4) is 0 Å². The first-order valence-corrected chi connectivity index (χ1v) is 8.59. The Balaban J connectivity index is 1.95. The van der Waals surface area contributed by atoms with Gasteiger partial charge in [-0.05, 0) is 48.7 Å². The number of benzene rings is 3. The number of rotatable bonds is 1. The maximum Gasteiger partial charge on any atom is 0.0496 e. The average molecular weight is 312 g/mol. The van der Waals surface area contributed by atoms with Gasteiger partial charge in [-0.3, -0.25) is 0 Å². The number of nitrogens with zero attached hydrogens (tertiary/aromatic N) is 1. The van der Waals surface area contributed by atoms with Crippen LogP contribution < -0.4 is 0 Å². The summed E-state index contributed by atoms with van der Waals surface area (Å²) in [7, 11) is 2.17. The fourth-order valence-electron chi connectivity index (χ4n) is 3.98.